The van der Waals surface area contributed by atoms with Crippen LogP contribution in [0, 0.1) is 0 Å². The number of amides is 1. The minimum absolute atomic E-state index is 0.164. The van der Waals surface area contributed by atoms with Crippen LogP contribution >= 0.6 is 11.6 Å². The van der Waals surface area contributed by atoms with Crippen molar-refractivity contribution in [3.8, 4) is 0 Å². The summed E-state index contributed by atoms with van der Waals surface area (Å²) < 4.78 is 0. The van der Waals surface area contributed by atoms with Crippen LogP contribution in [0.1, 0.15) is 5.56 Å². The van der Waals surface area contributed by atoms with E-state index in [1.807, 2.05) is 42.5 Å². The first kappa shape index (κ1) is 14.1. The summed E-state index contributed by atoms with van der Waals surface area (Å²) in [6.45, 7) is 0.164. The largest absolute Gasteiger partial charge is 0.376 e. The number of carbonyl (C=O) groups excluding carboxylic acids is 1. The molecule has 0 atom stereocenters. The maximum atomic E-state index is 11.6. The second kappa shape index (κ2) is 7.31. The lowest BCUT2D eigenvalue weighted by molar-refractivity contribution is -0.119. The van der Waals surface area contributed by atoms with E-state index in [0.717, 1.165) is 11.3 Å². The standard InChI is InChI=1S/C15H14ClN3O/c16-13-6-4-5-12(9-13)10-18-19-15(20)11-17-14-7-2-1-3-8-14/h1-10,17H,11H2,(H,19,20)/b18-10+. The van der Waals surface area contributed by atoms with E-state index < -0.39 is 0 Å². The van der Waals surface area contributed by atoms with Crippen LogP contribution in [0.3, 0.4) is 0 Å². The highest BCUT2D eigenvalue weighted by Crippen LogP contribution is 2.08. The molecule has 4 nitrogen and oxygen atoms in total. The number of halogens is 1. The van der Waals surface area contributed by atoms with Crippen molar-refractivity contribution < 1.29 is 4.79 Å². The van der Waals surface area contributed by atoms with Crippen molar-refractivity contribution in [2.75, 3.05) is 11.9 Å². The van der Waals surface area contributed by atoms with Crippen LogP contribution in [0.15, 0.2) is 59.7 Å². The minimum Gasteiger partial charge on any atom is -0.376 e. The summed E-state index contributed by atoms with van der Waals surface area (Å²) in [6.07, 6.45) is 1.55. The third kappa shape index (κ3) is 4.74. The van der Waals surface area contributed by atoms with Crippen LogP contribution in [-0.2, 0) is 4.79 Å². The maximum absolute atomic E-state index is 11.6. The Morgan fingerprint density at radius 3 is 2.70 bits per heavy atom. The lowest BCUT2D eigenvalue weighted by atomic mass is 10.2. The molecule has 1 amide bonds. The molecule has 0 aliphatic rings. The number of nitrogens with zero attached hydrogens (tertiary/aromatic N) is 1. The normalized spacial score (nSPS) is 10.4. The zero-order chi connectivity index (χ0) is 14.2. The summed E-state index contributed by atoms with van der Waals surface area (Å²) in [5, 5.41) is 7.50. The number of benzene rings is 2. The van der Waals surface area contributed by atoms with Gasteiger partial charge in [0.25, 0.3) is 5.91 Å². The zero-order valence-electron chi connectivity index (χ0n) is 10.7. The summed E-state index contributed by atoms with van der Waals surface area (Å²) >= 11 is 5.84. The van der Waals surface area contributed by atoms with Gasteiger partial charge < -0.3 is 5.32 Å². The van der Waals surface area contributed by atoms with Crippen LogP contribution in [0.25, 0.3) is 0 Å². The Morgan fingerprint density at radius 1 is 1.15 bits per heavy atom. The molecule has 0 fully saturated rings. The number of anilines is 1. The molecule has 0 aliphatic carbocycles. The number of carbonyl (C=O) groups is 1. The van der Waals surface area contributed by atoms with Gasteiger partial charge in [0.1, 0.15) is 0 Å². The monoisotopic (exact) mass is 287 g/mol. The minimum atomic E-state index is -0.216. The molecule has 0 spiro atoms. The Kier molecular flexibility index (Phi) is 5.15. The fourth-order valence-corrected chi connectivity index (χ4v) is 1.74. The fraction of sp³-hybridized carbons (Fsp3) is 0.0667. The number of nitrogens with one attached hydrogen (secondary N) is 2. The Morgan fingerprint density at radius 2 is 1.95 bits per heavy atom. The van der Waals surface area contributed by atoms with Crippen molar-refractivity contribution in [3.63, 3.8) is 0 Å². The highest BCUT2D eigenvalue weighted by Gasteiger charge is 1.98. The average Bonchev–Trinajstić information content (AvgIpc) is 2.46. The molecule has 0 aliphatic heterocycles. The molecule has 0 radical (unpaired) electrons. The number of hydrogen-bond donors (Lipinski definition) is 2. The van der Waals surface area contributed by atoms with E-state index in [-0.39, 0.29) is 12.5 Å². The summed E-state index contributed by atoms with van der Waals surface area (Å²) in [7, 11) is 0. The van der Waals surface area contributed by atoms with Gasteiger partial charge in [0.2, 0.25) is 0 Å². The maximum Gasteiger partial charge on any atom is 0.259 e. The molecule has 0 unspecified atom stereocenters. The van der Waals surface area contributed by atoms with Crippen molar-refractivity contribution in [3.05, 3.63) is 65.2 Å². The second-order valence-electron chi connectivity index (χ2n) is 4.07. The van der Waals surface area contributed by atoms with Crippen molar-refractivity contribution in [1.29, 1.82) is 0 Å². The molecule has 2 aromatic rings. The molecular weight excluding hydrogens is 274 g/mol. The smallest absolute Gasteiger partial charge is 0.259 e. The summed E-state index contributed by atoms with van der Waals surface area (Å²) in [5.74, 6) is -0.216. The van der Waals surface area contributed by atoms with Gasteiger partial charge >= 0.3 is 0 Å². The van der Waals surface area contributed by atoms with E-state index in [0.29, 0.717) is 5.02 Å². The van der Waals surface area contributed by atoms with E-state index in [2.05, 4.69) is 15.8 Å². The molecule has 0 saturated heterocycles. The average molecular weight is 288 g/mol. The molecule has 102 valence electrons. The molecule has 2 N–H and O–H groups in total. The van der Waals surface area contributed by atoms with E-state index in [4.69, 9.17) is 11.6 Å². The Labute approximate surface area is 122 Å². The van der Waals surface area contributed by atoms with Crippen LogP contribution in [0.2, 0.25) is 5.02 Å². The van der Waals surface area contributed by atoms with Gasteiger partial charge in [0.05, 0.1) is 12.8 Å². The lowest BCUT2D eigenvalue weighted by Crippen LogP contribution is -2.25. The summed E-state index contributed by atoms with van der Waals surface area (Å²) in [4.78, 5) is 11.6. The van der Waals surface area contributed by atoms with E-state index in [1.165, 1.54) is 0 Å². The molecule has 5 heteroatoms. The van der Waals surface area contributed by atoms with Crippen molar-refractivity contribution in [2.24, 2.45) is 5.10 Å². The third-order valence-corrected chi connectivity index (χ3v) is 2.71. The molecule has 0 heterocycles. The van der Waals surface area contributed by atoms with Gasteiger partial charge in [-0.15, -0.1) is 0 Å². The third-order valence-electron chi connectivity index (χ3n) is 2.48. The van der Waals surface area contributed by atoms with E-state index in [9.17, 15) is 4.79 Å². The van der Waals surface area contributed by atoms with Crippen molar-refractivity contribution in [2.45, 2.75) is 0 Å². The van der Waals surface area contributed by atoms with Gasteiger partial charge in [-0.05, 0) is 29.8 Å². The Bertz CT molecular complexity index is 599. The number of hydrogen-bond acceptors (Lipinski definition) is 3. The number of rotatable bonds is 5. The number of para-hydroxylation sites is 1. The molecule has 20 heavy (non-hydrogen) atoms. The highest BCUT2D eigenvalue weighted by atomic mass is 35.5. The van der Waals surface area contributed by atoms with Gasteiger partial charge in [0.15, 0.2) is 0 Å². The predicted octanol–water partition coefficient (Wildman–Crippen LogP) is 2.90. The number of hydrazone groups is 1. The van der Waals surface area contributed by atoms with Crippen LogP contribution < -0.4 is 10.7 Å². The predicted molar refractivity (Wildman–Crippen MR) is 82.1 cm³/mol. The molecule has 0 saturated carbocycles. The van der Waals surface area contributed by atoms with E-state index >= 15 is 0 Å². The molecule has 0 bridgehead atoms. The Hall–Kier alpha value is -2.33. The van der Waals surface area contributed by atoms with Crippen molar-refractivity contribution >= 4 is 29.4 Å². The van der Waals surface area contributed by atoms with Gasteiger partial charge in [-0.25, -0.2) is 5.43 Å². The van der Waals surface area contributed by atoms with Gasteiger partial charge in [-0.2, -0.15) is 5.10 Å². The fourth-order valence-electron chi connectivity index (χ4n) is 1.54. The first-order valence-electron chi connectivity index (χ1n) is 6.10. The van der Waals surface area contributed by atoms with Gasteiger partial charge in [-0.1, -0.05) is 41.9 Å². The molecule has 2 rings (SSSR count). The lowest BCUT2D eigenvalue weighted by Gasteiger charge is -2.04. The summed E-state index contributed by atoms with van der Waals surface area (Å²) in [6, 6.07) is 16.7. The van der Waals surface area contributed by atoms with Crippen molar-refractivity contribution in [1.82, 2.24) is 5.43 Å². The van der Waals surface area contributed by atoms with Crippen LogP contribution in [0.5, 0.6) is 0 Å². The molecule has 2 aromatic carbocycles. The molecule has 0 aromatic heterocycles. The first-order valence-corrected chi connectivity index (χ1v) is 6.48. The second-order valence-corrected chi connectivity index (χ2v) is 4.50. The van der Waals surface area contributed by atoms with Gasteiger partial charge in [-0.3, -0.25) is 4.79 Å². The van der Waals surface area contributed by atoms with Crippen LogP contribution in [0.4, 0.5) is 5.69 Å². The van der Waals surface area contributed by atoms with E-state index in [1.54, 1.807) is 18.3 Å². The molecular formula is C15H14ClN3O. The topological polar surface area (TPSA) is 53.5 Å². The first-order chi connectivity index (χ1) is 9.74. The SMILES string of the molecule is O=C(CNc1ccccc1)N/N=C/c1cccc(Cl)c1. The van der Waals surface area contributed by atoms with Crippen LogP contribution in [-0.4, -0.2) is 18.7 Å². The quantitative estimate of drug-likeness (QED) is 0.656. The zero-order valence-corrected chi connectivity index (χ0v) is 11.5. The highest BCUT2D eigenvalue weighted by molar-refractivity contribution is 6.30. The summed E-state index contributed by atoms with van der Waals surface area (Å²) in [5.41, 5.74) is 4.16. The Balaban J connectivity index is 1.78. The van der Waals surface area contributed by atoms with Gasteiger partial charge in [0, 0.05) is 10.7 Å².